The average molecular weight is 430 g/mol. The lowest BCUT2D eigenvalue weighted by molar-refractivity contribution is -0.116. The summed E-state index contributed by atoms with van der Waals surface area (Å²) in [5.41, 5.74) is 2.12. The van der Waals surface area contributed by atoms with Crippen LogP contribution >= 0.6 is 23.2 Å². The van der Waals surface area contributed by atoms with Gasteiger partial charge in [-0.2, -0.15) is 0 Å². The molecule has 3 aromatic carbocycles. The summed E-state index contributed by atoms with van der Waals surface area (Å²) in [6, 6.07) is 18.9. The van der Waals surface area contributed by atoms with Crippen LogP contribution in [0.3, 0.4) is 0 Å². The van der Waals surface area contributed by atoms with Crippen LogP contribution in [0.4, 0.5) is 4.39 Å². The molecule has 0 unspecified atom stereocenters. The Bertz CT molecular complexity index is 982. The highest BCUT2D eigenvalue weighted by Crippen LogP contribution is 2.22. The number of carbonyl (C=O) groups is 1. The SMILES string of the molecule is O=C(/C=C/c1ccc(OCc2c(F)cccc2Cl)cc1)NCc1ccc(Cl)cc1. The number of carbonyl (C=O) groups excluding carboxylic acids is 1. The number of rotatable bonds is 7. The van der Waals surface area contributed by atoms with Crippen LogP contribution in [0.15, 0.2) is 72.8 Å². The molecule has 3 nitrogen and oxygen atoms in total. The number of nitrogens with one attached hydrogen (secondary N) is 1. The first-order chi connectivity index (χ1) is 14.0. The Morgan fingerprint density at radius 2 is 1.72 bits per heavy atom. The number of ether oxygens (including phenoxy) is 1. The van der Waals surface area contributed by atoms with Crippen molar-refractivity contribution in [3.63, 3.8) is 0 Å². The third kappa shape index (κ3) is 6.34. The maximum Gasteiger partial charge on any atom is 0.244 e. The van der Waals surface area contributed by atoms with Gasteiger partial charge < -0.3 is 10.1 Å². The van der Waals surface area contributed by atoms with Crippen LogP contribution in [0.25, 0.3) is 6.08 Å². The van der Waals surface area contributed by atoms with Crippen molar-refractivity contribution in [3.8, 4) is 5.75 Å². The molecule has 0 saturated heterocycles. The summed E-state index contributed by atoms with van der Waals surface area (Å²) in [6.45, 7) is 0.458. The second-order valence-electron chi connectivity index (χ2n) is 6.24. The van der Waals surface area contributed by atoms with E-state index in [0.717, 1.165) is 11.1 Å². The number of benzene rings is 3. The second-order valence-corrected chi connectivity index (χ2v) is 7.08. The van der Waals surface area contributed by atoms with Gasteiger partial charge in [-0.1, -0.05) is 53.5 Å². The Labute approximate surface area is 178 Å². The van der Waals surface area contributed by atoms with Crippen molar-refractivity contribution in [2.75, 3.05) is 0 Å². The first-order valence-corrected chi connectivity index (χ1v) is 9.63. The predicted molar refractivity (Wildman–Crippen MR) is 115 cm³/mol. The molecule has 3 aromatic rings. The van der Waals surface area contributed by atoms with E-state index in [1.54, 1.807) is 54.6 Å². The van der Waals surface area contributed by atoms with E-state index in [2.05, 4.69) is 5.32 Å². The van der Waals surface area contributed by atoms with Crippen LogP contribution in [0, 0.1) is 5.82 Å². The summed E-state index contributed by atoms with van der Waals surface area (Å²) in [5, 5.41) is 3.79. The molecular formula is C23H18Cl2FNO2. The highest BCUT2D eigenvalue weighted by Gasteiger charge is 2.07. The van der Waals surface area contributed by atoms with Gasteiger partial charge in [0.25, 0.3) is 0 Å². The van der Waals surface area contributed by atoms with E-state index in [1.807, 2.05) is 12.1 Å². The van der Waals surface area contributed by atoms with E-state index >= 15 is 0 Å². The molecule has 0 aliphatic carbocycles. The van der Waals surface area contributed by atoms with E-state index in [-0.39, 0.29) is 12.5 Å². The number of hydrogen-bond acceptors (Lipinski definition) is 2. The molecule has 3 rings (SSSR count). The normalized spacial score (nSPS) is 10.9. The van der Waals surface area contributed by atoms with Gasteiger partial charge in [-0.15, -0.1) is 0 Å². The smallest absolute Gasteiger partial charge is 0.244 e. The summed E-state index contributed by atoms with van der Waals surface area (Å²) in [7, 11) is 0. The van der Waals surface area contributed by atoms with Crippen LogP contribution in [0.1, 0.15) is 16.7 Å². The minimum absolute atomic E-state index is 0.0355. The lowest BCUT2D eigenvalue weighted by atomic mass is 10.2. The summed E-state index contributed by atoms with van der Waals surface area (Å²) >= 11 is 11.8. The second kappa shape index (κ2) is 10.1. The molecular weight excluding hydrogens is 412 g/mol. The van der Waals surface area contributed by atoms with E-state index < -0.39 is 5.82 Å². The zero-order valence-electron chi connectivity index (χ0n) is 15.4. The number of hydrogen-bond donors (Lipinski definition) is 1. The van der Waals surface area contributed by atoms with Gasteiger partial charge in [-0.3, -0.25) is 4.79 Å². The highest BCUT2D eigenvalue weighted by molar-refractivity contribution is 6.31. The first-order valence-electron chi connectivity index (χ1n) is 8.87. The van der Waals surface area contributed by atoms with Gasteiger partial charge in [0.2, 0.25) is 5.91 Å². The van der Waals surface area contributed by atoms with Crippen molar-refractivity contribution >= 4 is 35.2 Å². The van der Waals surface area contributed by atoms with Gasteiger partial charge in [0, 0.05) is 23.2 Å². The lowest BCUT2D eigenvalue weighted by Gasteiger charge is -2.09. The molecule has 0 saturated carbocycles. The zero-order chi connectivity index (χ0) is 20.6. The standard InChI is InChI=1S/C23H18Cl2FNO2/c24-18-9-4-17(5-10-18)14-27-23(28)13-8-16-6-11-19(12-7-16)29-15-20-21(25)2-1-3-22(20)26/h1-13H,14-15H2,(H,27,28)/b13-8+. The molecule has 0 spiro atoms. The quantitative estimate of drug-likeness (QED) is 0.464. The van der Waals surface area contributed by atoms with Gasteiger partial charge in [0.1, 0.15) is 18.2 Å². The third-order valence-electron chi connectivity index (χ3n) is 4.13. The predicted octanol–water partition coefficient (Wildman–Crippen LogP) is 6.04. The van der Waals surface area contributed by atoms with E-state index in [9.17, 15) is 9.18 Å². The van der Waals surface area contributed by atoms with Gasteiger partial charge in [-0.05, 0) is 53.6 Å². The van der Waals surface area contributed by atoms with E-state index in [0.29, 0.717) is 27.9 Å². The third-order valence-corrected chi connectivity index (χ3v) is 4.74. The number of halogens is 3. The molecule has 148 valence electrons. The van der Waals surface area contributed by atoms with Crippen molar-refractivity contribution in [1.29, 1.82) is 0 Å². The molecule has 0 radical (unpaired) electrons. The Morgan fingerprint density at radius 3 is 2.41 bits per heavy atom. The van der Waals surface area contributed by atoms with Crippen molar-refractivity contribution in [3.05, 3.63) is 105 Å². The largest absolute Gasteiger partial charge is 0.489 e. The monoisotopic (exact) mass is 429 g/mol. The Balaban J connectivity index is 1.50. The van der Waals surface area contributed by atoms with Crippen LogP contribution in [-0.2, 0) is 17.9 Å². The molecule has 29 heavy (non-hydrogen) atoms. The molecule has 0 aromatic heterocycles. The highest BCUT2D eigenvalue weighted by atomic mass is 35.5. The van der Waals surface area contributed by atoms with Crippen molar-refractivity contribution in [1.82, 2.24) is 5.32 Å². The fraction of sp³-hybridized carbons (Fsp3) is 0.0870. The van der Waals surface area contributed by atoms with Crippen molar-refractivity contribution < 1.29 is 13.9 Å². The molecule has 1 amide bonds. The minimum atomic E-state index is -0.401. The zero-order valence-corrected chi connectivity index (χ0v) is 16.9. The van der Waals surface area contributed by atoms with Gasteiger partial charge in [-0.25, -0.2) is 4.39 Å². The Kier molecular flexibility index (Phi) is 7.28. The minimum Gasteiger partial charge on any atom is -0.489 e. The van der Waals surface area contributed by atoms with Crippen molar-refractivity contribution in [2.45, 2.75) is 13.2 Å². The molecule has 0 heterocycles. The van der Waals surface area contributed by atoms with E-state index in [4.69, 9.17) is 27.9 Å². The average Bonchev–Trinajstić information content (AvgIpc) is 2.72. The number of amides is 1. The van der Waals surface area contributed by atoms with Gasteiger partial charge in [0.05, 0.1) is 5.02 Å². The van der Waals surface area contributed by atoms with E-state index in [1.165, 1.54) is 12.1 Å². The summed E-state index contributed by atoms with van der Waals surface area (Å²) in [5.74, 6) is -0.0233. The van der Waals surface area contributed by atoms with Crippen LogP contribution in [0.2, 0.25) is 10.0 Å². The van der Waals surface area contributed by atoms with Crippen molar-refractivity contribution in [2.24, 2.45) is 0 Å². The maximum absolute atomic E-state index is 13.8. The first kappa shape index (κ1) is 20.9. The lowest BCUT2D eigenvalue weighted by Crippen LogP contribution is -2.20. The van der Waals surface area contributed by atoms with Crippen LogP contribution in [-0.4, -0.2) is 5.91 Å². The summed E-state index contributed by atoms with van der Waals surface area (Å²) in [4.78, 5) is 12.0. The molecule has 0 aliphatic heterocycles. The fourth-order valence-corrected chi connectivity index (χ4v) is 2.87. The van der Waals surface area contributed by atoms with Gasteiger partial charge in [0.15, 0.2) is 0 Å². The van der Waals surface area contributed by atoms with Crippen LogP contribution < -0.4 is 10.1 Å². The van der Waals surface area contributed by atoms with Crippen LogP contribution in [0.5, 0.6) is 5.75 Å². The Morgan fingerprint density at radius 1 is 1.00 bits per heavy atom. The molecule has 1 N–H and O–H groups in total. The maximum atomic E-state index is 13.8. The topological polar surface area (TPSA) is 38.3 Å². The molecule has 0 atom stereocenters. The molecule has 0 fully saturated rings. The molecule has 0 bridgehead atoms. The fourth-order valence-electron chi connectivity index (χ4n) is 2.52. The van der Waals surface area contributed by atoms with Gasteiger partial charge >= 0.3 is 0 Å². The molecule has 6 heteroatoms. The summed E-state index contributed by atoms with van der Waals surface area (Å²) < 4.78 is 19.4. The molecule has 0 aliphatic rings. The Hall–Kier alpha value is -2.82. The summed E-state index contributed by atoms with van der Waals surface area (Å²) in [6.07, 6.45) is 3.17.